The van der Waals surface area contributed by atoms with Crippen molar-refractivity contribution in [1.29, 1.82) is 0 Å². The third-order valence-electron chi connectivity index (χ3n) is 2.90. The molecule has 0 amide bonds. The molecule has 1 fully saturated rings. The molecular weight excluding hydrogens is 223 g/mol. The van der Waals surface area contributed by atoms with Gasteiger partial charge < -0.3 is 10.1 Å². The Kier molecular flexibility index (Phi) is 4.58. The summed E-state index contributed by atoms with van der Waals surface area (Å²) in [6.45, 7) is -0.0221. The zero-order valence-electron chi connectivity index (χ0n) is 9.14. The van der Waals surface area contributed by atoms with Crippen LogP contribution in [0.5, 0.6) is 0 Å². The highest BCUT2D eigenvalue weighted by Crippen LogP contribution is 2.37. The van der Waals surface area contributed by atoms with Gasteiger partial charge in [-0.1, -0.05) is 6.42 Å². The highest BCUT2D eigenvalue weighted by Gasteiger charge is 2.42. The van der Waals surface area contributed by atoms with E-state index in [2.05, 4.69) is 10.1 Å². The number of hydrogen-bond acceptors (Lipinski definition) is 3. The third kappa shape index (κ3) is 4.00. The second kappa shape index (κ2) is 5.52. The molecule has 2 atom stereocenters. The van der Waals surface area contributed by atoms with E-state index in [1.54, 1.807) is 0 Å². The Morgan fingerprint density at radius 3 is 2.69 bits per heavy atom. The normalized spacial score (nSPS) is 26.5. The van der Waals surface area contributed by atoms with Gasteiger partial charge in [0, 0.05) is 6.04 Å². The Labute approximate surface area is 92.3 Å². The van der Waals surface area contributed by atoms with Crippen molar-refractivity contribution in [1.82, 2.24) is 5.32 Å². The topological polar surface area (TPSA) is 38.3 Å². The van der Waals surface area contributed by atoms with Crippen LogP contribution in [0, 0.1) is 5.92 Å². The molecule has 0 spiro atoms. The van der Waals surface area contributed by atoms with Crippen LogP contribution >= 0.6 is 0 Å². The smallest absolute Gasteiger partial charge is 0.391 e. The fourth-order valence-corrected chi connectivity index (χ4v) is 1.97. The van der Waals surface area contributed by atoms with Crippen LogP contribution in [0.4, 0.5) is 13.2 Å². The molecule has 0 bridgehead atoms. The molecule has 1 rings (SSSR count). The summed E-state index contributed by atoms with van der Waals surface area (Å²) in [5.74, 6) is -1.69. The van der Waals surface area contributed by atoms with Crippen molar-refractivity contribution >= 4 is 5.97 Å². The van der Waals surface area contributed by atoms with E-state index in [9.17, 15) is 18.0 Å². The van der Waals surface area contributed by atoms with Crippen LogP contribution in [-0.4, -0.2) is 31.8 Å². The van der Waals surface area contributed by atoms with E-state index < -0.39 is 18.1 Å². The van der Waals surface area contributed by atoms with Crippen molar-refractivity contribution in [3.05, 3.63) is 0 Å². The zero-order chi connectivity index (χ0) is 12.2. The Morgan fingerprint density at radius 2 is 2.12 bits per heavy atom. The zero-order valence-corrected chi connectivity index (χ0v) is 9.14. The number of alkyl halides is 3. The summed E-state index contributed by atoms with van der Waals surface area (Å²) in [7, 11) is 1.25. The molecule has 3 nitrogen and oxygen atoms in total. The van der Waals surface area contributed by atoms with Gasteiger partial charge in [-0.05, 0) is 19.3 Å². The second-order valence-corrected chi connectivity index (χ2v) is 4.06. The van der Waals surface area contributed by atoms with Crippen molar-refractivity contribution in [2.45, 2.75) is 37.9 Å². The van der Waals surface area contributed by atoms with Crippen LogP contribution in [0.3, 0.4) is 0 Å². The number of methoxy groups -OCH3 is 1. The number of carbonyl (C=O) groups excluding carboxylic acids is 1. The van der Waals surface area contributed by atoms with Crippen LogP contribution in [-0.2, 0) is 9.53 Å². The van der Waals surface area contributed by atoms with Crippen molar-refractivity contribution < 1.29 is 22.7 Å². The van der Waals surface area contributed by atoms with Gasteiger partial charge in [0.2, 0.25) is 0 Å². The van der Waals surface area contributed by atoms with Crippen LogP contribution in [0.25, 0.3) is 0 Å². The van der Waals surface area contributed by atoms with E-state index in [-0.39, 0.29) is 25.4 Å². The van der Waals surface area contributed by atoms with E-state index in [1.807, 2.05) is 0 Å². The molecule has 0 aromatic rings. The van der Waals surface area contributed by atoms with E-state index in [1.165, 1.54) is 7.11 Å². The lowest BCUT2D eigenvalue weighted by atomic mass is 9.85. The predicted octanol–water partition coefficient (Wildman–Crippen LogP) is 1.87. The van der Waals surface area contributed by atoms with Gasteiger partial charge in [0.1, 0.15) is 0 Å². The van der Waals surface area contributed by atoms with Gasteiger partial charge >= 0.3 is 12.1 Å². The molecule has 0 radical (unpaired) electrons. The predicted molar refractivity (Wildman–Crippen MR) is 51.8 cm³/mol. The Morgan fingerprint density at radius 1 is 1.44 bits per heavy atom. The van der Waals surface area contributed by atoms with Crippen LogP contribution in [0.1, 0.15) is 25.7 Å². The lowest BCUT2D eigenvalue weighted by molar-refractivity contribution is -0.183. The first-order valence-corrected chi connectivity index (χ1v) is 5.30. The Hall–Kier alpha value is -0.780. The van der Waals surface area contributed by atoms with Gasteiger partial charge in [-0.25, -0.2) is 0 Å². The van der Waals surface area contributed by atoms with Gasteiger partial charge in [-0.2, -0.15) is 13.2 Å². The molecule has 0 heterocycles. The minimum Gasteiger partial charge on any atom is -0.468 e. The first kappa shape index (κ1) is 13.3. The molecule has 1 aliphatic carbocycles. The number of nitrogens with one attached hydrogen (secondary N) is 1. The largest absolute Gasteiger partial charge is 0.468 e. The van der Waals surface area contributed by atoms with Gasteiger partial charge in [-0.3, -0.25) is 4.79 Å². The molecule has 0 aromatic carbocycles. The molecule has 1 aliphatic rings. The summed E-state index contributed by atoms with van der Waals surface area (Å²) < 4.78 is 41.8. The number of hydrogen-bond donors (Lipinski definition) is 1. The maximum Gasteiger partial charge on any atom is 0.391 e. The molecule has 1 saturated carbocycles. The summed E-state index contributed by atoms with van der Waals surface area (Å²) in [4.78, 5) is 10.8. The van der Waals surface area contributed by atoms with Crippen molar-refractivity contribution in [2.75, 3.05) is 13.7 Å². The molecule has 0 aliphatic heterocycles. The summed E-state index contributed by atoms with van der Waals surface area (Å²) in [5, 5.41) is 2.80. The first-order valence-electron chi connectivity index (χ1n) is 5.30. The number of esters is 1. The SMILES string of the molecule is COC(=O)CNC1CCCC(C(F)(F)F)C1. The monoisotopic (exact) mass is 239 g/mol. The Balaban J connectivity index is 2.36. The van der Waals surface area contributed by atoms with Gasteiger partial charge in [0.05, 0.1) is 19.6 Å². The number of ether oxygens (including phenoxy) is 1. The average Bonchev–Trinajstić information content (AvgIpc) is 2.25. The summed E-state index contributed by atoms with van der Waals surface area (Å²) in [5.41, 5.74) is 0. The maximum absolute atomic E-state index is 12.5. The number of halogens is 3. The van der Waals surface area contributed by atoms with Gasteiger partial charge in [0.15, 0.2) is 0 Å². The van der Waals surface area contributed by atoms with E-state index in [0.717, 1.165) is 0 Å². The summed E-state index contributed by atoms with van der Waals surface area (Å²) in [6, 6.07) is -0.237. The molecule has 6 heteroatoms. The third-order valence-corrected chi connectivity index (χ3v) is 2.90. The summed E-state index contributed by atoms with van der Waals surface area (Å²) in [6.07, 6.45) is -2.64. The van der Waals surface area contributed by atoms with Gasteiger partial charge in [-0.15, -0.1) is 0 Å². The van der Waals surface area contributed by atoms with Crippen molar-refractivity contribution in [3.63, 3.8) is 0 Å². The van der Waals surface area contributed by atoms with Gasteiger partial charge in [0.25, 0.3) is 0 Å². The standard InChI is InChI=1S/C10H16F3NO2/c1-16-9(15)6-14-8-4-2-3-7(5-8)10(11,12)13/h7-8,14H,2-6H2,1H3. The molecular formula is C10H16F3NO2. The van der Waals surface area contributed by atoms with Crippen LogP contribution in [0.15, 0.2) is 0 Å². The molecule has 2 unspecified atom stereocenters. The van der Waals surface area contributed by atoms with Crippen molar-refractivity contribution in [3.8, 4) is 0 Å². The second-order valence-electron chi connectivity index (χ2n) is 4.06. The Bertz CT molecular complexity index is 243. The summed E-state index contributed by atoms with van der Waals surface area (Å²) >= 11 is 0. The van der Waals surface area contributed by atoms with E-state index in [0.29, 0.717) is 12.8 Å². The highest BCUT2D eigenvalue weighted by atomic mass is 19.4. The minimum absolute atomic E-state index is 0.0221. The lowest BCUT2D eigenvalue weighted by Gasteiger charge is -2.30. The van der Waals surface area contributed by atoms with E-state index in [4.69, 9.17) is 0 Å². The number of rotatable bonds is 3. The van der Waals surface area contributed by atoms with Crippen molar-refractivity contribution in [2.24, 2.45) is 5.92 Å². The first-order chi connectivity index (χ1) is 7.43. The van der Waals surface area contributed by atoms with E-state index >= 15 is 0 Å². The molecule has 1 N–H and O–H groups in total. The maximum atomic E-state index is 12.5. The average molecular weight is 239 g/mol. The molecule has 16 heavy (non-hydrogen) atoms. The lowest BCUT2D eigenvalue weighted by Crippen LogP contribution is -2.41. The van der Waals surface area contributed by atoms with Crippen LogP contribution in [0.2, 0.25) is 0 Å². The molecule has 94 valence electrons. The minimum atomic E-state index is -4.12. The quantitative estimate of drug-likeness (QED) is 0.764. The van der Waals surface area contributed by atoms with Crippen LogP contribution < -0.4 is 5.32 Å². The number of carbonyl (C=O) groups is 1. The molecule has 0 saturated heterocycles. The highest BCUT2D eigenvalue weighted by molar-refractivity contribution is 5.71. The molecule has 0 aromatic heterocycles. The fourth-order valence-electron chi connectivity index (χ4n) is 1.97. The fraction of sp³-hybridized carbons (Fsp3) is 0.900.